The molecule has 3 aliphatic rings. The quantitative estimate of drug-likeness (QED) is 0.247. The van der Waals surface area contributed by atoms with Crippen LogP contribution in [0, 0.1) is 0 Å². The summed E-state index contributed by atoms with van der Waals surface area (Å²) < 4.78 is 33.5. The van der Waals surface area contributed by atoms with Gasteiger partial charge in [0.15, 0.2) is 11.5 Å². The zero-order valence-corrected chi connectivity index (χ0v) is 20.8. The zero-order valence-electron chi connectivity index (χ0n) is 17.9. The molecule has 0 fully saturated rings. The van der Waals surface area contributed by atoms with Crippen LogP contribution in [0.2, 0.25) is 0 Å². The summed E-state index contributed by atoms with van der Waals surface area (Å²) in [6.45, 7) is -0.525. The van der Waals surface area contributed by atoms with Gasteiger partial charge in [0, 0.05) is 5.56 Å². The zero-order chi connectivity index (χ0) is 23.3. The van der Waals surface area contributed by atoms with E-state index in [1.807, 2.05) is 0 Å². The van der Waals surface area contributed by atoms with Crippen molar-refractivity contribution in [3.05, 3.63) is 59.2 Å². The molecule has 1 amide bonds. The molecule has 2 aromatic rings. The van der Waals surface area contributed by atoms with Gasteiger partial charge in [0.05, 0.1) is 18.2 Å². The van der Waals surface area contributed by atoms with Crippen LogP contribution < -0.4 is 53.8 Å². The number of hydrogen-bond acceptors (Lipinski definition) is 10. The number of carbonyl (C=O) groups is 1. The van der Waals surface area contributed by atoms with Gasteiger partial charge in [0.25, 0.3) is 5.91 Å². The molecule has 0 spiro atoms. The first-order chi connectivity index (χ1) is 15.7. The van der Waals surface area contributed by atoms with Crippen molar-refractivity contribution < 1.29 is 77.7 Å². The molecule has 11 nitrogen and oxygen atoms in total. The molecule has 0 saturated heterocycles. The van der Waals surface area contributed by atoms with E-state index in [9.17, 15) is 29.6 Å². The van der Waals surface area contributed by atoms with Crippen molar-refractivity contribution in [2.24, 2.45) is 0 Å². The van der Waals surface area contributed by atoms with Crippen molar-refractivity contribution in [2.45, 2.75) is 31.0 Å². The molecule has 0 bridgehead atoms. The monoisotopic (exact) mass is 499 g/mol. The van der Waals surface area contributed by atoms with Crippen molar-refractivity contribution in [1.29, 1.82) is 0 Å². The van der Waals surface area contributed by atoms with Crippen LogP contribution in [-0.2, 0) is 15.7 Å². The largest absolute Gasteiger partial charge is 1.00 e. The Bertz CT molecular complexity index is 1190. The van der Waals surface area contributed by atoms with Crippen LogP contribution >= 0.6 is 7.82 Å². The minimum Gasteiger partial charge on any atom is -0.746 e. The maximum Gasteiger partial charge on any atom is 1.00 e. The van der Waals surface area contributed by atoms with Crippen LogP contribution in [0.15, 0.2) is 42.5 Å². The molecular formula is C21H19NNaO10P. The number of nitrogens with one attached hydrogen (secondary N) is 1. The summed E-state index contributed by atoms with van der Waals surface area (Å²) in [6, 6.07) is 8.95. The Hall–Kier alpha value is -1.92. The molecule has 13 heteroatoms. The van der Waals surface area contributed by atoms with Gasteiger partial charge in [0.2, 0.25) is 12.5 Å². The number of phosphoric ester groups is 1. The maximum absolute atomic E-state index is 13.0. The molecule has 0 radical (unpaired) electrons. The molecule has 4 N–H and O–H groups in total. The Morgan fingerprint density at radius 1 is 1.15 bits per heavy atom. The third kappa shape index (κ3) is 4.51. The van der Waals surface area contributed by atoms with Crippen molar-refractivity contribution >= 4 is 19.3 Å². The summed E-state index contributed by atoms with van der Waals surface area (Å²) in [6.07, 6.45) is -3.15. The first-order valence-electron chi connectivity index (χ1n) is 9.98. The van der Waals surface area contributed by atoms with Crippen molar-refractivity contribution in [1.82, 2.24) is 5.32 Å². The van der Waals surface area contributed by atoms with Gasteiger partial charge in [-0.2, -0.15) is 0 Å². The Labute approximate surface area is 215 Å². The summed E-state index contributed by atoms with van der Waals surface area (Å²) in [5.74, 6) is -1.19. The Morgan fingerprint density at radius 3 is 2.62 bits per heavy atom. The van der Waals surface area contributed by atoms with E-state index in [4.69, 9.17) is 18.5 Å². The predicted octanol–water partition coefficient (Wildman–Crippen LogP) is -2.92. The molecule has 2 heterocycles. The smallest absolute Gasteiger partial charge is 0.746 e. The number of hydrogen-bond donors (Lipinski definition) is 4. The molecule has 0 saturated carbocycles. The van der Waals surface area contributed by atoms with Gasteiger partial charge in [0.1, 0.15) is 18.3 Å². The molecule has 0 aromatic heterocycles. The Kier molecular flexibility index (Phi) is 7.12. The Balaban J connectivity index is 0.00000274. The Morgan fingerprint density at radius 2 is 1.88 bits per heavy atom. The van der Waals surface area contributed by atoms with Crippen LogP contribution in [0.5, 0.6) is 17.2 Å². The number of carbonyl (C=O) groups excluding carboxylic acids is 1. The summed E-state index contributed by atoms with van der Waals surface area (Å²) in [7, 11) is -4.98. The van der Waals surface area contributed by atoms with Crippen LogP contribution in [0.1, 0.15) is 21.5 Å². The average molecular weight is 499 g/mol. The summed E-state index contributed by atoms with van der Waals surface area (Å²) in [5, 5.41) is 32.9. The van der Waals surface area contributed by atoms with E-state index in [0.29, 0.717) is 5.56 Å². The fourth-order valence-corrected chi connectivity index (χ4v) is 4.78. The number of aliphatic hydroxyl groups is 3. The first-order valence-corrected chi connectivity index (χ1v) is 11.4. The maximum atomic E-state index is 13.0. The number of ether oxygens (including phenoxy) is 2. The minimum atomic E-state index is -4.98. The van der Waals surface area contributed by atoms with Crippen molar-refractivity contribution in [3.8, 4) is 17.2 Å². The fraction of sp³-hybridized carbons (Fsp3) is 0.286. The van der Waals surface area contributed by atoms with E-state index < -0.39 is 43.8 Å². The molecule has 34 heavy (non-hydrogen) atoms. The predicted molar refractivity (Wildman–Crippen MR) is 109 cm³/mol. The molecule has 2 aromatic carbocycles. The van der Waals surface area contributed by atoms with Gasteiger partial charge in [-0.3, -0.25) is 9.36 Å². The van der Waals surface area contributed by atoms with E-state index in [0.717, 1.165) is 0 Å². The summed E-state index contributed by atoms with van der Waals surface area (Å²) in [4.78, 5) is 25.6. The van der Waals surface area contributed by atoms with E-state index in [1.165, 1.54) is 12.1 Å². The van der Waals surface area contributed by atoms with Gasteiger partial charge in [-0.1, -0.05) is 30.3 Å². The first kappa shape index (κ1) is 25.2. The third-order valence-corrected chi connectivity index (χ3v) is 6.46. The van der Waals surface area contributed by atoms with Gasteiger partial charge >= 0.3 is 37.4 Å². The molecule has 2 aliphatic heterocycles. The number of aliphatic hydroxyl groups excluding tert-OH is 3. The van der Waals surface area contributed by atoms with Crippen LogP contribution in [0.3, 0.4) is 0 Å². The van der Waals surface area contributed by atoms with E-state index in [1.54, 1.807) is 30.3 Å². The second kappa shape index (κ2) is 9.62. The normalized spacial score (nSPS) is 26.2. The fourth-order valence-electron chi connectivity index (χ4n) is 4.02. The van der Waals surface area contributed by atoms with Crippen LogP contribution in [0.25, 0.3) is 5.57 Å². The number of benzene rings is 2. The van der Waals surface area contributed by atoms with Gasteiger partial charge in [-0.05, 0) is 23.3 Å². The summed E-state index contributed by atoms with van der Waals surface area (Å²) in [5.41, 5.74) is 0.823. The summed E-state index contributed by atoms with van der Waals surface area (Å²) >= 11 is 0. The SMILES string of the molecule is O=C1N[C@@H]2C(=C[C@H](O)[C@@H](O)[C@H]2O)c2cc3c(c(OP(=O)([O-])OCc4ccccc4)c21)OCO3.[Na+]. The molecule has 1 unspecified atom stereocenters. The second-order valence-corrected chi connectivity index (χ2v) is 9.04. The van der Waals surface area contributed by atoms with Crippen LogP contribution in [-0.4, -0.2) is 52.4 Å². The van der Waals surface area contributed by atoms with Gasteiger partial charge in [-0.25, -0.2) is 0 Å². The number of rotatable bonds is 5. The van der Waals surface area contributed by atoms with E-state index in [2.05, 4.69) is 5.32 Å². The number of phosphoric acid groups is 1. The molecule has 1 aliphatic carbocycles. The minimum absolute atomic E-state index is 0. The van der Waals surface area contributed by atoms with E-state index in [-0.39, 0.29) is 71.2 Å². The number of fused-ring (bicyclic) bond motifs is 4. The topological polar surface area (TPSA) is 167 Å². The molecule has 5 atom stereocenters. The standard InChI is InChI=1S/C21H20NO10P.Na/c23-13-6-12-11-7-14-19(30-9-29-14)20(15(11)21(26)22-16(12)18(25)17(13)24)32-33(27,28)31-8-10-4-2-1-3-5-10;/h1-7,13,16-18,23-25H,8-9H2,(H,22,26)(H,27,28);/q;+1/p-1/t13-,16+,17+,18-;/m0./s1. The molecule has 174 valence electrons. The van der Waals surface area contributed by atoms with Crippen molar-refractivity contribution in [3.63, 3.8) is 0 Å². The van der Waals surface area contributed by atoms with Crippen LogP contribution in [0.4, 0.5) is 0 Å². The van der Waals surface area contributed by atoms with Gasteiger partial charge < -0.3 is 44.1 Å². The molecular weight excluding hydrogens is 480 g/mol. The second-order valence-electron chi connectivity index (χ2n) is 7.70. The third-order valence-electron chi connectivity index (χ3n) is 5.61. The molecule has 5 rings (SSSR count). The number of amides is 1. The van der Waals surface area contributed by atoms with Gasteiger partial charge in [-0.15, -0.1) is 0 Å². The average Bonchev–Trinajstić information content (AvgIpc) is 3.26. The van der Waals surface area contributed by atoms with Crippen molar-refractivity contribution in [2.75, 3.05) is 6.79 Å². The van der Waals surface area contributed by atoms with E-state index >= 15 is 0 Å².